The lowest BCUT2D eigenvalue weighted by Crippen LogP contribution is -2.50. The van der Waals surface area contributed by atoms with Gasteiger partial charge in [0.2, 0.25) is 0 Å². The predicted octanol–water partition coefficient (Wildman–Crippen LogP) is 3.61. The predicted molar refractivity (Wildman–Crippen MR) is 111 cm³/mol. The van der Waals surface area contributed by atoms with Crippen molar-refractivity contribution in [2.75, 3.05) is 6.61 Å². The van der Waals surface area contributed by atoms with Gasteiger partial charge in [-0.2, -0.15) is 0 Å². The van der Waals surface area contributed by atoms with Crippen LogP contribution < -0.4 is 0 Å². The third-order valence-corrected chi connectivity index (χ3v) is 5.13. The molecule has 0 N–H and O–H groups in total. The highest BCUT2D eigenvalue weighted by atomic mass is 28.2. The van der Waals surface area contributed by atoms with Gasteiger partial charge in [0.25, 0.3) is 0 Å². The van der Waals surface area contributed by atoms with E-state index in [-0.39, 0.29) is 36.6 Å². The Morgan fingerprint density at radius 3 is 1.38 bits per heavy atom. The van der Waals surface area contributed by atoms with E-state index < -0.39 is 6.29 Å². The Morgan fingerprint density at radius 1 is 0.615 bits per heavy atom. The molecule has 0 aromatic rings. The quantitative estimate of drug-likeness (QED) is 0.297. The molecule has 0 rings (SSSR count). The fourth-order valence-corrected chi connectivity index (χ4v) is 2.63. The minimum Gasteiger partial charge on any atom is -0.425 e. The van der Waals surface area contributed by atoms with Crippen LogP contribution in [0.4, 0.5) is 0 Å². The number of hydrogen-bond acceptors (Lipinski definition) is 5. The number of ether oxygens (including phenoxy) is 4. The van der Waals surface area contributed by atoms with Gasteiger partial charge >= 0.3 is 0 Å². The summed E-state index contributed by atoms with van der Waals surface area (Å²) in [5.74, 6) is 0. The van der Waals surface area contributed by atoms with Crippen LogP contribution in [0.2, 0.25) is 0 Å². The monoisotopic (exact) mass is 392 g/mol. The Morgan fingerprint density at radius 2 is 1.00 bits per heavy atom. The molecule has 0 amide bonds. The van der Waals surface area contributed by atoms with E-state index in [0.29, 0.717) is 17.1 Å². The van der Waals surface area contributed by atoms with Gasteiger partial charge in [-0.25, -0.2) is 0 Å². The van der Waals surface area contributed by atoms with E-state index in [0.717, 1.165) is 25.7 Å². The van der Waals surface area contributed by atoms with E-state index in [9.17, 15) is 0 Å². The van der Waals surface area contributed by atoms with Gasteiger partial charge in [-0.15, -0.1) is 0 Å². The summed E-state index contributed by atoms with van der Waals surface area (Å²) in [4.78, 5) is 0. The van der Waals surface area contributed by atoms with Gasteiger partial charge in [0.1, 0.15) is 22.7 Å². The molecule has 0 radical (unpaired) electrons. The molecule has 0 aromatic heterocycles. The molecular formula is C20H44O5Si. The van der Waals surface area contributed by atoms with Crippen LogP contribution >= 0.6 is 0 Å². The van der Waals surface area contributed by atoms with Crippen LogP contribution in [0.3, 0.4) is 0 Å². The zero-order chi connectivity index (χ0) is 20.1. The van der Waals surface area contributed by atoms with Gasteiger partial charge in [0.15, 0.2) is 6.29 Å². The first kappa shape index (κ1) is 26.0. The second kappa shape index (κ2) is 15.0. The van der Waals surface area contributed by atoms with Crippen LogP contribution in [0.25, 0.3) is 0 Å². The van der Waals surface area contributed by atoms with E-state index in [1.165, 1.54) is 0 Å². The van der Waals surface area contributed by atoms with Crippen molar-refractivity contribution in [2.45, 2.75) is 124 Å². The van der Waals surface area contributed by atoms with Crippen LogP contribution in [-0.2, 0) is 23.4 Å². The van der Waals surface area contributed by atoms with Crippen molar-refractivity contribution < 1.29 is 23.4 Å². The highest BCUT2D eigenvalue weighted by Crippen LogP contribution is 2.22. The fourth-order valence-electron chi connectivity index (χ4n) is 2.30. The molecule has 0 aliphatic rings. The lowest BCUT2D eigenvalue weighted by molar-refractivity contribution is -0.275. The molecule has 0 fully saturated rings. The van der Waals surface area contributed by atoms with E-state index in [4.69, 9.17) is 23.4 Å². The van der Waals surface area contributed by atoms with Crippen LogP contribution in [0, 0.1) is 0 Å². The van der Waals surface area contributed by atoms with Gasteiger partial charge in [-0.1, -0.05) is 27.7 Å². The highest BCUT2D eigenvalue weighted by molar-refractivity contribution is 5.97. The Labute approximate surface area is 165 Å². The first-order valence-corrected chi connectivity index (χ1v) is 11.2. The molecule has 0 aromatic carbocycles. The van der Waals surface area contributed by atoms with Crippen molar-refractivity contribution in [3.63, 3.8) is 0 Å². The summed E-state index contributed by atoms with van der Waals surface area (Å²) in [6.45, 7) is 17.3. The molecule has 0 saturated heterocycles. The van der Waals surface area contributed by atoms with E-state index in [1.54, 1.807) is 0 Å². The molecule has 6 atom stereocenters. The zero-order valence-electron chi connectivity index (χ0n) is 18.6. The van der Waals surface area contributed by atoms with Crippen molar-refractivity contribution in [3.8, 4) is 0 Å². The SMILES string of the molecule is CCC(C)OC(CO[SiH3])C(OC(C)CC)C(OC(C)CC)OC(C)CC. The maximum Gasteiger partial charge on any atom is 0.186 e. The van der Waals surface area contributed by atoms with Crippen LogP contribution in [-0.4, -0.2) is 60.0 Å². The Balaban J connectivity index is 5.57. The lowest BCUT2D eigenvalue weighted by atomic mass is 10.1. The van der Waals surface area contributed by atoms with Gasteiger partial charge < -0.3 is 23.4 Å². The van der Waals surface area contributed by atoms with Crippen molar-refractivity contribution in [1.82, 2.24) is 0 Å². The molecular weight excluding hydrogens is 348 g/mol. The summed E-state index contributed by atoms with van der Waals surface area (Å²) in [6, 6.07) is 0. The summed E-state index contributed by atoms with van der Waals surface area (Å²) in [5, 5.41) is 0. The molecule has 158 valence electrons. The smallest absolute Gasteiger partial charge is 0.186 e. The molecule has 0 spiro atoms. The molecule has 0 aliphatic heterocycles. The Kier molecular flexibility index (Phi) is 15.0. The summed E-state index contributed by atoms with van der Waals surface area (Å²) in [5.41, 5.74) is 0. The average molecular weight is 393 g/mol. The molecule has 6 heteroatoms. The van der Waals surface area contributed by atoms with E-state index in [1.807, 2.05) is 0 Å². The summed E-state index contributed by atoms with van der Waals surface area (Å²) >= 11 is 0. The van der Waals surface area contributed by atoms with Gasteiger partial charge in [0, 0.05) is 0 Å². The Bertz CT molecular complexity index is 319. The number of rotatable bonds is 16. The molecule has 0 heterocycles. The molecule has 0 bridgehead atoms. The molecule has 26 heavy (non-hydrogen) atoms. The minimum atomic E-state index is -0.472. The maximum absolute atomic E-state index is 6.37. The van der Waals surface area contributed by atoms with Crippen LogP contribution in [0.1, 0.15) is 81.1 Å². The third-order valence-electron chi connectivity index (χ3n) is 4.79. The fraction of sp³-hybridized carbons (Fsp3) is 1.00. The average Bonchev–Trinajstić information content (AvgIpc) is 2.64. The van der Waals surface area contributed by atoms with E-state index >= 15 is 0 Å². The van der Waals surface area contributed by atoms with Crippen LogP contribution in [0.15, 0.2) is 0 Å². The second-order valence-electron chi connectivity index (χ2n) is 7.25. The standard InChI is InChI=1S/C20H44O5Si/c1-9-14(5)22-18(13-21-26)19(23-15(6)10-2)20(24-16(7)11-3)25-17(8)12-4/h14-20H,9-13H2,1-8,26H3. The molecule has 0 saturated carbocycles. The lowest BCUT2D eigenvalue weighted by Gasteiger charge is -2.38. The van der Waals surface area contributed by atoms with Crippen molar-refractivity contribution in [2.24, 2.45) is 0 Å². The van der Waals surface area contributed by atoms with Gasteiger partial charge in [-0.05, 0) is 53.4 Å². The normalized spacial score (nSPS) is 20.3. The van der Waals surface area contributed by atoms with Crippen molar-refractivity contribution >= 4 is 10.5 Å². The summed E-state index contributed by atoms with van der Waals surface area (Å²) in [7, 11) is 0.661. The topological polar surface area (TPSA) is 46.2 Å². The first-order chi connectivity index (χ1) is 12.3. The zero-order valence-corrected chi connectivity index (χ0v) is 20.6. The van der Waals surface area contributed by atoms with Crippen molar-refractivity contribution in [3.05, 3.63) is 0 Å². The van der Waals surface area contributed by atoms with Gasteiger partial charge in [-0.3, -0.25) is 0 Å². The number of hydrogen-bond donors (Lipinski definition) is 0. The van der Waals surface area contributed by atoms with E-state index in [2.05, 4.69) is 55.4 Å². The second-order valence-corrected chi connectivity index (χ2v) is 7.82. The largest absolute Gasteiger partial charge is 0.425 e. The maximum atomic E-state index is 6.37. The Hall–Kier alpha value is 0.0169. The molecule has 5 nitrogen and oxygen atoms in total. The summed E-state index contributed by atoms with van der Waals surface area (Å²) in [6.07, 6.45) is 3.11. The third kappa shape index (κ3) is 10.4. The molecule has 0 aliphatic carbocycles. The minimum absolute atomic E-state index is 0.0910. The molecule has 6 unspecified atom stereocenters. The van der Waals surface area contributed by atoms with Crippen LogP contribution in [0.5, 0.6) is 0 Å². The highest BCUT2D eigenvalue weighted by Gasteiger charge is 2.36. The van der Waals surface area contributed by atoms with Gasteiger partial charge in [0.05, 0.1) is 31.0 Å². The first-order valence-electron chi connectivity index (χ1n) is 10.4. The van der Waals surface area contributed by atoms with Crippen molar-refractivity contribution in [1.29, 1.82) is 0 Å². The summed E-state index contributed by atoms with van der Waals surface area (Å²) < 4.78 is 30.7.